The fourth-order valence-electron chi connectivity index (χ4n) is 2.98. The van der Waals surface area contributed by atoms with Crippen LogP contribution >= 0.6 is 0 Å². The van der Waals surface area contributed by atoms with Crippen LogP contribution in [0.5, 0.6) is 0 Å². The van der Waals surface area contributed by atoms with Crippen molar-refractivity contribution in [2.24, 2.45) is 0 Å². The highest BCUT2D eigenvalue weighted by molar-refractivity contribution is 5.77. The van der Waals surface area contributed by atoms with Crippen LogP contribution < -0.4 is 5.32 Å². The molecule has 2 N–H and O–H groups in total. The van der Waals surface area contributed by atoms with E-state index in [1.807, 2.05) is 34.1 Å². The minimum atomic E-state index is -0.832. The SMILES string of the molecule is O=C(O)Cc1ccc(CN2C[C@@H]3CNCCN3C2=O)cc1. The van der Waals surface area contributed by atoms with Crippen molar-refractivity contribution in [1.82, 2.24) is 15.1 Å². The lowest BCUT2D eigenvalue weighted by Crippen LogP contribution is -2.49. The van der Waals surface area contributed by atoms with Crippen LogP contribution in [0.3, 0.4) is 0 Å². The van der Waals surface area contributed by atoms with E-state index in [4.69, 9.17) is 5.11 Å². The maximum absolute atomic E-state index is 12.3. The van der Waals surface area contributed by atoms with E-state index >= 15 is 0 Å². The maximum atomic E-state index is 12.3. The van der Waals surface area contributed by atoms with Crippen LogP contribution in [0, 0.1) is 0 Å². The van der Waals surface area contributed by atoms with Crippen LogP contribution in [0.1, 0.15) is 11.1 Å². The van der Waals surface area contributed by atoms with E-state index in [9.17, 15) is 9.59 Å². The van der Waals surface area contributed by atoms with Crippen molar-refractivity contribution in [3.63, 3.8) is 0 Å². The molecule has 2 amide bonds. The lowest BCUT2D eigenvalue weighted by atomic mass is 10.1. The van der Waals surface area contributed by atoms with Crippen LogP contribution in [-0.4, -0.2) is 59.1 Å². The number of piperazine rings is 1. The minimum absolute atomic E-state index is 0.0322. The molecule has 112 valence electrons. The molecule has 0 bridgehead atoms. The normalized spacial score (nSPS) is 21.5. The monoisotopic (exact) mass is 289 g/mol. The predicted molar refractivity (Wildman–Crippen MR) is 77.0 cm³/mol. The molecular weight excluding hydrogens is 270 g/mol. The summed E-state index contributed by atoms with van der Waals surface area (Å²) in [6.45, 7) is 3.83. The average Bonchev–Trinajstić information content (AvgIpc) is 2.78. The molecule has 0 saturated carbocycles. The van der Waals surface area contributed by atoms with Gasteiger partial charge in [-0.3, -0.25) is 4.79 Å². The molecule has 6 nitrogen and oxygen atoms in total. The summed E-state index contributed by atoms with van der Waals surface area (Å²) in [4.78, 5) is 26.8. The molecule has 1 atom stereocenters. The average molecular weight is 289 g/mol. The number of benzene rings is 1. The molecule has 0 aromatic heterocycles. The number of nitrogens with one attached hydrogen (secondary N) is 1. The van der Waals surface area contributed by atoms with Crippen molar-refractivity contribution < 1.29 is 14.7 Å². The lowest BCUT2D eigenvalue weighted by molar-refractivity contribution is -0.136. The predicted octanol–water partition coefficient (Wildman–Crippen LogP) is 0.523. The summed E-state index contributed by atoms with van der Waals surface area (Å²) in [5, 5.41) is 12.1. The van der Waals surface area contributed by atoms with Crippen molar-refractivity contribution in [2.45, 2.75) is 19.0 Å². The van der Waals surface area contributed by atoms with Gasteiger partial charge in [-0.25, -0.2) is 4.79 Å². The molecule has 1 aromatic rings. The highest BCUT2D eigenvalue weighted by Crippen LogP contribution is 2.20. The zero-order valence-electron chi connectivity index (χ0n) is 11.8. The summed E-state index contributed by atoms with van der Waals surface area (Å²) in [5.41, 5.74) is 1.81. The standard InChI is InChI=1S/C15H19N3O3/c19-14(20)7-11-1-3-12(4-2-11)9-17-10-13-8-16-5-6-18(13)15(17)21/h1-4,13,16H,5-10H2,(H,19,20)/t13-/m0/s1. The summed E-state index contributed by atoms with van der Waals surface area (Å²) in [6.07, 6.45) is 0.0322. The molecule has 1 aromatic carbocycles. The Morgan fingerprint density at radius 1 is 1.29 bits per heavy atom. The zero-order chi connectivity index (χ0) is 14.8. The minimum Gasteiger partial charge on any atom is -0.481 e. The number of aliphatic carboxylic acids is 1. The van der Waals surface area contributed by atoms with Gasteiger partial charge in [-0.15, -0.1) is 0 Å². The third kappa shape index (κ3) is 3.00. The van der Waals surface area contributed by atoms with Gasteiger partial charge in [-0.2, -0.15) is 0 Å². The number of hydrogen-bond acceptors (Lipinski definition) is 3. The maximum Gasteiger partial charge on any atom is 0.320 e. The van der Waals surface area contributed by atoms with E-state index in [1.165, 1.54) is 0 Å². The fraction of sp³-hybridized carbons (Fsp3) is 0.467. The molecule has 0 radical (unpaired) electrons. The van der Waals surface area contributed by atoms with E-state index in [1.54, 1.807) is 0 Å². The second kappa shape index (κ2) is 5.73. The van der Waals surface area contributed by atoms with Crippen LogP contribution in [0.4, 0.5) is 4.79 Å². The lowest BCUT2D eigenvalue weighted by Gasteiger charge is -2.28. The highest BCUT2D eigenvalue weighted by Gasteiger charge is 2.38. The smallest absolute Gasteiger partial charge is 0.320 e. The highest BCUT2D eigenvalue weighted by atomic mass is 16.4. The molecule has 0 unspecified atom stereocenters. The molecule has 3 rings (SSSR count). The number of carboxylic acid groups (broad SMARTS) is 1. The van der Waals surface area contributed by atoms with Gasteiger partial charge in [0.05, 0.1) is 12.5 Å². The first-order chi connectivity index (χ1) is 10.1. The second-order valence-electron chi connectivity index (χ2n) is 5.60. The Hall–Kier alpha value is -2.08. The molecule has 2 aliphatic rings. The Morgan fingerprint density at radius 2 is 2.00 bits per heavy atom. The molecule has 2 heterocycles. The Kier molecular flexibility index (Phi) is 3.79. The third-order valence-corrected chi connectivity index (χ3v) is 4.05. The van der Waals surface area contributed by atoms with Gasteiger partial charge in [0.1, 0.15) is 0 Å². The molecule has 0 spiro atoms. The van der Waals surface area contributed by atoms with Crippen LogP contribution in [0.25, 0.3) is 0 Å². The number of carbonyl (C=O) groups is 2. The summed E-state index contributed by atoms with van der Waals surface area (Å²) in [6, 6.07) is 7.83. The molecule has 0 aliphatic carbocycles. The summed E-state index contributed by atoms with van der Waals surface area (Å²) >= 11 is 0. The summed E-state index contributed by atoms with van der Waals surface area (Å²) < 4.78 is 0. The summed E-state index contributed by atoms with van der Waals surface area (Å²) in [7, 11) is 0. The number of amides is 2. The molecular formula is C15H19N3O3. The zero-order valence-corrected chi connectivity index (χ0v) is 11.8. The van der Waals surface area contributed by atoms with E-state index in [2.05, 4.69) is 5.32 Å². The Morgan fingerprint density at radius 3 is 2.67 bits per heavy atom. The first kappa shape index (κ1) is 13.9. The van der Waals surface area contributed by atoms with Crippen molar-refractivity contribution in [2.75, 3.05) is 26.2 Å². The van der Waals surface area contributed by atoms with Crippen molar-refractivity contribution in [1.29, 1.82) is 0 Å². The van der Waals surface area contributed by atoms with Gasteiger partial charge in [-0.05, 0) is 11.1 Å². The Labute approximate surface area is 123 Å². The topological polar surface area (TPSA) is 72.9 Å². The quantitative estimate of drug-likeness (QED) is 0.848. The van der Waals surface area contributed by atoms with Gasteiger partial charge in [0.25, 0.3) is 0 Å². The van der Waals surface area contributed by atoms with Gasteiger partial charge in [-0.1, -0.05) is 24.3 Å². The summed E-state index contributed by atoms with van der Waals surface area (Å²) in [5.74, 6) is -0.832. The fourth-order valence-corrected chi connectivity index (χ4v) is 2.98. The molecule has 21 heavy (non-hydrogen) atoms. The number of carbonyl (C=O) groups excluding carboxylic acids is 1. The molecule has 2 fully saturated rings. The Bertz CT molecular complexity index is 544. The second-order valence-corrected chi connectivity index (χ2v) is 5.60. The van der Waals surface area contributed by atoms with E-state index < -0.39 is 5.97 Å². The van der Waals surface area contributed by atoms with E-state index in [0.717, 1.165) is 37.3 Å². The van der Waals surface area contributed by atoms with Crippen LogP contribution in [0.2, 0.25) is 0 Å². The first-order valence-corrected chi connectivity index (χ1v) is 7.19. The number of fused-ring (bicyclic) bond motifs is 1. The third-order valence-electron chi connectivity index (χ3n) is 4.05. The van der Waals surface area contributed by atoms with Crippen LogP contribution in [0.15, 0.2) is 24.3 Å². The number of nitrogens with zero attached hydrogens (tertiary/aromatic N) is 2. The number of rotatable bonds is 4. The van der Waals surface area contributed by atoms with E-state index in [-0.39, 0.29) is 18.5 Å². The number of carboxylic acids is 1. The number of urea groups is 1. The molecule has 2 saturated heterocycles. The van der Waals surface area contributed by atoms with Crippen LogP contribution in [-0.2, 0) is 17.8 Å². The van der Waals surface area contributed by atoms with Gasteiger partial charge in [0, 0.05) is 32.7 Å². The van der Waals surface area contributed by atoms with E-state index in [0.29, 0.717) is 6.54 Å². The van der Waals surface area contributed by atoms with Crippen molar-refractivity contribution >= 4 is 12.0 Å². The number of hydrogen-bond donors (Lipinski definition) is 2. The molecule has 2 aliphatic heterocycles. The largest absolute Gasteiger partial charge is 0.481 e. The van der Waals surface area contributed by atoms with Gasteiger partial charge >= 0.3 is 12.0 Å². The van der Waals surface area contributed by atoms with Crippen molar-refractivity contribution in [3.8, 4) is 0 Å². The molecule has 6 heteroatoms. The van der Waals surface area contributed by atoms with Gasteiger partial charge < -0.3 is 20.2 Å². The van der Waals surface area contributed by atoms with Crippen molar-refractivity contribution in [3.05, 3.63) is 35.4 Å². The van der Waals surface area contributed by atoms with Gasteiger partial charge in [0.2, 0.25) is 0 Å². The Balaban J connectivity index is 1.64. The first-order valence-electron chi connectivity index (χ1n) is 7.19. The van der Waals surface area contributed by atoms with Gasteiger partial charge in [0.15, 0.2) is 0 Å².